The van der Waals surface area contributed by atoms with Gasteiger partial charge in [-0.1, -0.05) is 0 Å². The first-order valence-electron chi connectivity index (χ1n) is 4.85. The number of hydrogen-bond acceptors (Lipinski definition) is 2. The minimum Gasteiger partial charge on any atom is -0.399 e. The van der Waals surface area contributed by atoms with E-state index in [0.29, 0.717) is 5.69 Å². The SMILES string of the molecule is Cc1cn(-c2cc(N)ccc2C(F)(F)F)cn1. The molecule has 2 rings (SSSR count). The summed E-state index contributed by atoms with van der Waals surface area (Å²) in [6, 6.07) is 3.49. The van der Waals surface area contributed by atoms with Gasteiger partial charge in [0, 0.05) is 11.9 Å². The highest BCUT2D eigenvalue weighted by Gasteiger charge is 2.33. The number of hydrogen-bond donors (Lipinski definition) is 1. The second kappa shape index (κ2) is 3.80. The molecule has 0 aliphatic carbocycles. The first-order valence-corrected chi connectivity index (χ1v) is 4.85. The Morgan fingerprint density at radius 1 is 1.29 bits per heavy atom. The van der Waals surface area contributed by atoms with Crippen LogP contribution in [-0.2, 0) is 6.18 Å². The molecule has 17 heavy (non-hydrogen) atoms. The van der Waals surface area contributed by atoms with Crippen LogP contribution in [0.5, 0.6) is 0 Å². The summed E-state index contributed by atoms with van der Waals surface area (Å²) in [6.45, 7) is 1.70. The lowest BCUT2D eigenvalue weighted by atomic mass is 10.1. The molecule has 0 bridgehead atoms. The van der Waals surface area contributed by atoms with E-state index in [-0.39, 0.29) is 11.4 Å². The molecule has 0 aliphatic heterocycles. The van der Waals surface area contributed by atoms with Crippen molar-refractivity contribution in [3.8, 4) is 5.69 Å². The van der Waals surface area contributed by atoms with Crippen molar-refractivity contribution in [3.05, 3.63) is 42.0 Å². The van der Waals surface area contributed by atoms with Crippen LogP contribution in [0.4, 0.5) is 18.9 Å². The third-order valence-electron chi connectivity index (χ3n) is 2.32. The fourth-order valence-corrected chi connectivity index (χ4v) is 1.55. The van der Waals surface area contributed by atoms with E-state index in [2.05, 4.69) is 4.98 Å². The Balaban J connectivity index is 2.63. The number of aromatic nitrogens is 2. The van der Waals surface area contributed by atoms with Crippen LogP contribution < -0.4 is 5.73 Å². The fourth-order valence-electron chi connectivity index (χ4n) is 1.55. The number of anilines is 1. The maximum atomic E-state index is 12.8. The van der Waals surface area contributed by atoms with Gasteiger partial charge in [0.2, 0.25) is 0 Å². The Hall–Kier alpha value is -1.98. The maximum Gasteiger partial charge on any atom is 0.418 e. The molecular formula is C11H10F3N3. The van der Waals surface area contributed by atoms with Crippen LogP contribution in [0.1, 0.15) is 11.3 Å². The van der Waals surface area contributed by atoms with Crippen molar-refractivity contribution in [2.45, 2.75) is 13.1 Å². The van der Waals surface area contributed by atoms with Gasteiger partial charge in [0.25, 0.3) is 0 Å². The number of alkyl halides is 3. The van der Waals surface area contributed by atoms with Crippen LogP contribution in [0.2, 0.25) is 0 Å². The normalized spacial score (nSPS) is 11.8. The van der Waals surface area contributed by atoms with Crippen LogP contribution in [0.3, 0.4) is 0 Å². The van der Waals surface area contributed by atoms with Crippen molar-refractivity contribution in [1.82, 2.24) is 9.55 Å². The lowest BCUT2D eigenvalue weighted by Crippen LogP contribution is -2.10. The fraction of sp³-hybridized carbons (Fsp3) is 0.182. The number of nitrogen functional groups attached to an aromatic ring is 1. The first-order chi connectivity index (χ1) is 7.88. The maximum absolute atomic E-state index is 12.8. The van der Waals surface area contributed by atoms with Gasteiger partial charge in [-0.25, -0.2) is 4.98 Å². The molecule has 0 spiro atoms. The molecule has 0 radical (unpaired) electrons. The molecule has 0 fully saturated rings. The molecule has 90 valence electrons. The monoisotopic (exact) mass is 241 g/mol. The molecule has 3 nitrogen and oxygen atoms in total. The van der Waals surface area contributed by atoms with Crippen LogP contribution in [-0.4, -0.2) is 9.55 Å². The van der Waals surface area contributed by atoms with Crippen LogP contribution in [0.25, 0.3) is 5.69 Å². The summed E-state index contributed by atoms with van der Waals surface area (Å²) in [5.74, 6) is 0. The van der Waals surface area contributed by atoms with E-state index in [0.717, 1.165) is 6.07 Å². The topological polar surface area (TPSA) is 43.8 Å². The molecule has 2 aromatic rings. The van der Waals surface area contributed by atoms with E-state index >= 15 is 0 Å². The Kier molecular flexibility index (Phi) is 2.57. The van der Waals surface area contributed by atoms with Crippen LogP contribution >= 0.6 is 0 Å². The molecule has 0 amide bonds. The molecule has 0 aliphatic rings. The zero-order valence-electron chi connectivity index (χ0n) is 8.99. The Labute approximate surface area is 95.7 Å². The zero-order valence-corrected chi connectivity index (χ0v) is 8.99. The van der Waals surface area contributed by atoms with Gasteiger partial charge >= 0.3 is 6.18 Å². The molecule has 6 heteroatoms. The average Bonchev–Trinajstić information content (AvgIpc) is 2.62. The van der Waals surface area contributed by atoms with Crippen molar-refractivity contribution >= 4 is 5.69 Å². The predicted octanol–water partition coefficient (Wildman–Crippen LogP) is 2.78. The molecule has 0 saturated carbocycles. The second-order valence-corrected chi connectivity index (χ2v) is 3.70. The smallest absolute Gasteiger partial charge is 0.399 e. The zero-order chi connectivity index (χ0) is 12.6. The first kappa shape index (κ1) is 11.5. The quantitative estimate of drug-likeness (QED) is 0.780. The highest BCUT2D eigenvalue weighted by Crippen LogP contribution is 2.34. The Morgan fingerprint density at radius 2 is 2.00 bits per heavy atom. The molecule has 1 aromatic carbocycles. The molecule has 1 aromatic heterocycles. The lowest BCUT2D eigenvalue weighted by molar-refractivity contribution is -0.137. The summed E-state index contributed by atoms with van der Waals surface area (Å²) in [6.07, 6.45) is -1.56. The lowest BCUT2D eigenvalue weighted by Gasteiger charge is -2.13. The largest absolute Gasteiger partial charge is 0.418 e. The predicted molar refractivity (Wildman–Crippen MR) is 57.7 cm³/mol. The molecule has 1 heterocycles. The highest BCUT2D eigenvalue weighted by molar-refractivity contribution is 5.53. The van der Waals surface area contributed by atoms with E-state index in [1.54, 1.807) is 6.92 Å². The third-order valence-corrected chi connectivity index (χ3v) is 2.32. The van der Waals surface area contributed by atoms with Gasteiger partial charge in [-0.3, -0.25) is 0 Å². The van der Waals surface area contributed by atoms with Gasteiger partial charge in [0.1, 0.15) is 0 Å². The summed E-state index contributed by atoms with van der Waals surface area (Å²) < 4.78 is 39.7. The molecule has 0 saturated heterocycles. The Bertz CT molecular complexity index is 543. The summed E-state index contributed by atoms with van der Waals surface area (Å²) in [5.41, 5.74) is 5.68. The van der Waals surface area contributed by atoms with E-state index < -0.39 is 11.7 Å². The standard InChI is InChI=1S/C11H10F3N3/c1-7-5-17(6-16-7)10-4-8(15)2-3-9(10)11(12,13)14/h2-6H,15H2,1H3. The Morgan fingerprint density at radius 3 is 2.53 bits per heavy atom. The van der Waals surface area contributed by atoms with Crippen LogP contribution in [0, 0.1) is 6.92 Å². The van der Waals surface area contributed by atoms with Crippen LogP contribution in [0.15, 0.2) is 30.7 Å². The summed E-state index contributed by atoms with van der Waals surface area (Å²) >= 11 is 0. The average molecular weight is 241 g/mol. The number of aryl methyl sites for hydroxylation is 1. The van der Waals surface area contributed by atoms with Crippen molar-refractivity contribution in [1.29, 1.82) is 0 Å². The third kappa shape index (κ3) is 2.25. The summed E-state index contributed by atoms with van der Waals surface area (Å²) in [5, 5.41) is 0. The van der Waals surface area contributed by atoms with Gasteiger partial charge in [-0.05, 0) is 25.1 Å². The molecule has 2 N–H and O–H groups in total. The number of benzene rings is 1. The van der Waals surface area contributed by atoms with Gasteiger partial charge in [0.15, 0.2) is 0 Å². The van der Waals surface area contributed by atoms with Gasteiger partial charge < -0.3 is 10.3 Å². The van der Waals surface area contributed by atoms with E-state index in [4.69, 9.17) is 5.73 Å². The number of nitrogens with zero attached hydrogens (tertiary/aromatic N) is 2. The van der Waals surface area contributed by atoms with Gasteiger partial charge in [-0.15, -0.1) is 0 Å². The van der Waals surface area contributed by atoms with Gasteiger partial charge in [-0.2, -0.15) is 13.2 Å². The number of rotatable bonds is 1. The van der Waals surface area contributed by atoms with Crippen molar-refractivity contribution in [3.63, 3.8) is 0 Å². The number of nitrogens with two attached hydrogens (primary N) is 1. The number of halogens is 3. The van der Waals surface area contributed by atoms with Crippen molar-refractivity contribution < 1.29 is 13.2 Å². The minimum absolute atomic E-state index is 0.0156. The van der Waals surface area contributed by atoms with E-state index in [1.807, 2.05) is 0 Å². The number of imidazole rings is 1. The van der Waals surface area contributed by atoms with E-state index in [9.17, 15) is 13.2 Å². The molecular weight excluding hydrogens is 231 g/mol. The van der Waals surface area contributed by atoms with E-state index in [1.165, 1.54) is 29.2 Å². The van der Waals surface area contributed by atoms with Gasteiger partial charge in [0.05, 0.1) is 23.3 Å². The summed E-state index contributed by atoms with van der Waals surface area (Å²) in [4.78, 5) is 3.90. The summed E-state index contributed by atoms with van der Waals surface area (Å²) in [7, 11) is 0. The molecule has 0 atom stereocenters. The minimum atomic E-state index is -4.42. The van der Waals surface area contributed by atoms with Crippen molar-refractivity contribution in [2.24, 2.45) is 0 Å². The van der Waals surface area contributed by atoms with Crippen molar-refractivity contribution in [2.75, 3.05) is 5.73 Å². The second-order valence-electron chi connectivity index (χ2n) is 3.70. The molecule has 0 unspecified atom stereocenters. The highest BCUT2D eigenvalue weighted by atomic mass is 19.4.